The molecule has 10 atom stereocenters. The van der Waals surface area contributed by atoms with Crippen LogP contribution in [0, 0.1) is 0 Å². The van der Waals surface area contributed by atoms with Gasteiger partial charge in [-0.25, -0.2) is 0 Å². The lowest BCUT2D eigenvalue weighted by atomic mass is 9.97. The Balaban J connectivity index is 1.48. The van der Waals surface area contributed by atoms with Crippen LogP contribution in [0.25, 0.3) is 22.3 Å². The first-order valence-electron chi connectivity index (χ1n) is 13.4. The number of phenols is 2. The zero-order valence-corrected chi connectivity index (χ0v) is 23.0. The zero-order chi connectivity index (χ0) is 31.9. The van der Waals surface area contributed by atoms with Crippen molar-refractivity contribution < 1.29 is 74.1 Å². The summed E-state index contributed by atoms with van der Waals surface area (Å²) < 4.78 is 33.4. The lowest BCUT2D eigenvalue weighted by Gasteiger charge is -2.45. The van der Waals surface area contributed by atoms with E-state index < -0.39 is 85.8 Å². The lowest BCUT2D eigenvalue weighted by molar-refractivity contribution is -0.357. The fourth-order valence-corrected chi connectivity index (χ4v) is 5.05. The van der Waals surface area contributed by atoms with Gasteiger partial charge in [0.25, 0.3) is 0 Å². The lowest BCUT2D eigenvalue weighted by Crippen LogP contribution is -2.65. The first-order valence-corrected chi connectivity index (χ1v) is 13.4. The Morgan fingerprint density at radius 1 is 0.773 bits per heavy atom. The number of phenolic OH excluding ortho intramolecular Hbond substituents is 2. The summed E-state index contributed by atoms with van der Waals surface area (Å²) in [5, 5.41) is 91.5. The predicted octanol–water partition coefficient (Wildman–Crippen LogP) is -2.12. The largest absolute Gasteiger partial charge is 0.507 e. The number of benzene rings is 2. The van der Waals surface area contributed by atoms with Crippen molar-refractivity contribution in [1.82, 2.24) is 0 Å². The van der Waals surface area contributed by atoms with E-state index in [4.69, 9.17) is 28.1 Å². The van der Waals surface area contributed by atoms with E-state index in [1.807, 2.05) is 0 Å². The highest BCUT2D eigenvalue weighted by Crippen LogP contribution is 2.36. The van der Waals surface area contributed by atoms with Gasteiger partial charge in [0, 0.05) is 23.8 Å². The molecule has 1 aromatic heterocycles. The van der Waals surface area contributed by atoms with E-state index >= 15 is 0 Å². The Morgan fingerprint density at radius 2 is 1.43 bits per heavy atom. The minimum absolute atomic E-state index is 0.0500. The van der Waals surface area contributed by atoms with E-state index in [9.17, 15) is 50.8 Å². The number of ether oxygens (including phenoxy) is 5. The average molecular weight is 625 g/mol. The van der Waals surface area contributed by atoms with Gasteiger partial charge in [-0.05, 0) is 18.2 Å². The molecule has 3 heterocycles. The molecule has 0 bridgehead atoms. The SMILES string of the molecule is COc1cc(-c2cc(=O)c3c(O)cc(O[C@@H]4O[C@H](CO)[C@@H](O)[C@@H](O)[C@H]4O[C@@H]4O[C@H](CO)[C@@H](O)[C@H](O)[C@@H]4O)cc3o2)ccc1O. The number of aromatic hydroxyl groups is 2. The monoisotopic (exact) mass is 624 g/mol. The molecule has 2 saturated heterocycles. The summed E-state index contributed by atoms with van der Waals surface area (Å²) in [7, 11) is 1.34. The van der Waals surface area contributed by atoms with Crippen LogP contribution in [0.5, 0.6) is 23.0 Å². The predicted molar refractivity (Wildman–Crippen MR) is 145 cm³/mol. The molecule has 5 rings (SSSR count). The van der Waals surface area contributed by atoms with Crippen LogP contribution >= 0.6 is 0 Å². The number of fused-ring (bicyclic) bond motifs is 1. The minimum atomic E-state index is -1.87. The Morgan fingerprint density at radius 3 is 2.09 bits per heavy atom. The maximum atomic E-state index is 12.9. The molecule has 2 aliphatic rings. The average Bonchev–Trinajstić information content (AvgIpc) is 3.00. The Bertz CT molecular complexity index is 1520. The highest BCUT2D eigenvalue weighted by Gasteiger charge is 2.51. The Hall–Kier alpha value is -3.55. The summed E-state index contributed by atoms with van der Waals surface area (Å²) in [4.78, 5) is 12.9. The summed E-state index contributed by atoms with van der Waals surface area (Å²) in [5.74, 6) is -0.721. The van der Waals surface area contributed by atoms with Gasteiger partial charge in [0.1, 0.15) is 71.0 Å². The summed E-state index contributed by atoms with van der Waals surface area (Å²) in [5.41, 5.74) is -0.402. The van der Waals surface area contributed by atoms with E-state index in [2.05, 4.69) is 0 Å². The second-order valence-electron chi connectivity index (χ2n) is 10.3. The number of aliphatic hydroxyl groups is 7. The molecular formula is C28H32O16. The van der Waals surface area contributed by atoms with Crippen molar-refractivity contribution >= 4 is 11.0 Å². The van der Waals surface area contributed by atoms with E-state index in [0.29, 0.717) is 5.56 Å². The third-order valence-electron chi connectivity index (χ3n) is 7.46. The molecule has 0 spiro atoms. The third kappa shape index (κ3) is 5.92. The van der Waals surface area contributed by atoms with E-state index in [1.54, 1.807) is 0 Å². The number of hydrogen-bond donors (Lipinski definition) is 9. The van der Waals surface area contributed by atoms with Crippen LogP contribution in [0.1, 0.15) is 0 Å². The number of rotatable bonds is 8. The van der Waals surface area contributed by atoms with Crippen molar-refractivity contribution in [3.8, 4) is 34.3 Å². The van der Waals surface area contributed by atoms with E-state index in [-0.39, 0.29) is 34.0 Å². The van der Waals surface area contributed by atoms with E-state index in [1.165, 1.54) is 31.4 Å². The molecule has 2 fully saturated rings. The molecule has 0 radical (unpaired) electrons. The van der Waals surface area contributed by atoms with Gasteiger partial charge in [0.2, 0.25) is 6.29 Å². The molecule has 0 unspecified atom stereocenters. The van der Waals surface area contributed by atoms with Crippen LogP contribution in [-0.2, 0) is 14.2 Å². The van der Waals surface area contributed by atoms with Crippen molar-refractivity contribution in [2.45, 2.75) is 61.4 Å². The van der Waals surface area contributed by atoms with Crippen molar-refractivity contribution in [3.63, 3.8) is 0 Å². The fourth-order valence-electron chi connectivity index (χ4n) is 5.05. The van der Waals surface area contributed by atoms with Gasteiger partial charge in [0.15, 0.2) is 29.3 Å². The van der Waals surface area contributed by atoms with Crippen LogP contribution in [0.3, 0.4) is 0 Å². The molecule has 9 N–H and O–H groups in total. The van der Waals surface area contributed by atoms with Crippen molar-refractivity contribution in [2.24, 2.45) is 0 Å². The fraction of sp³-hybridized carbons (Fsp3) is 0.464. The molecule has 2 aromatic carbocycles. The Kier molecular flexibility index (Phi) is 9.28. The molecule has 0 aliphatic carbocycles. The summed E-state index contributed by atoms with van der Waals surface area (Å²) in [6, 6.07) is 7.63. The summed E-state index contributed by atoms with van der Waals surface area (Å²) >= 11 is 0. The molecule has 2 aliphatic heterocycles. The van der Waals surface area contributed by atoms with Crippen molar-refractivity contribution in [1.29, 1.82) is 0 Å². The summed E-state index contributed by atoms with van der Waals surface area (Å²) in [6.45, 7) is -1.52. The summed E-state index contributed by atoms with van der Waals surface area (Å²) in [6.07, 6.45) is -16.8. The number of hydrogen-bond acceptors (Lipinski definition) is 16. The molecule has 240 valence electrons. The van der Waals surface area contributed by atoms with Gasteiger partial charge in [-0.15, -0.1) is 0 Å². The van der Waals surface area contributed by atoms with E-state index in [0.717, 1.165) is 12.1 Å². The third-order valence-corrected chi connectivity index (χ3v) is 7.46. The topological polar surface area (TPSA) is 258 Å². The molecule has 16 nitrogen and oxygen atoms in total. The maximum Gasteiger partial charge on any atom is 0.229 e. The first kappa shape index (κ1) is 31.9. The molecule has 0 amide bonds. The van der Waals surface area contributed by atoms with Gasteiger partial charge in [-0.3, -0.25) is 4.79 Å². The van der Waals surface area contributed by atoms with Gasteiger partial charge in [-0.1, -0.05) is 0 Å². The second-order valence-corrected chi connectivity index (χ2v) is 10.3. The van der Waals surface area contributed by atoms with Gasteiger partial charge < -0.3 is 74.1 Å². The second kappa shape index (κ2) is 12.8. The number of methoxy groups -OCH3 is 1. The molecule has 16 heteroatoms. The standard InChI is InChI=1S/C28H32O16/c1-39-16-4-10(2-3-12(16)31)15-7-14(33)20-13(32)5-11(6-17(20)41-15)40-28-26(24(37)22(35)19(9-30)43-28)44-27-25(38)23(36)21(34)18(8-29)42-27/h2-7,18-19,21-32,34-38H,8-9H2,1H3/t18-,19-,21-,22-,23+,24-,25+,26-,27+,28-/m1/s1. The van der Waals surface area contributed by atoms with Crippen LogP contribution in [0.15, 0.2) is 45.6 Å². The van der Waals surface area contributed by atoms with Crippen LogP contribution in [-0.4, -0.2) is 128 Å². The van der Waals surface area contributed by atoms with Crippen molar-refractivity contribution in [2.75, 3.05) is 20.3 Å². The van der Waals surface area contributed by atoms with Crippen molar-refractivity contribution in [3.05, 3.63) is 46.6 Å². The molecular weight excluding hydrogens is 592 g/mol. The zero-order valence-electron chi connectivity index (χ0n) is 23.0. The molecule has 0 saturated carbocycles. The van der Waals surface area contributed by atoms with Gasteiger partial charge in [0.05, 0.1) is 20.3 Å². The molecule has 44 heavy (non-hydrogen) atoms. The quantitative estimate of drug-likeness (QED) is 0.130. The van der Waals surface area contributed by atoms with Gasteiger partial charge in [-0.2, -0.15) is 0 Å². The first-order chi connectivity index (χ1) is 21.0. The maximum absolute atomic E-state index is 12.9. The molecule has 3 aromatic rings. The Labute approximate surface area is 248 Å². The normalized spacial score (nSPS) is 32.5. The highest BCUT2D eigenvalue weighted by molar-refractivity contribution is 5.86. The van der Waals surface area contributed by atoms with Crippen LogP contribution < -0.4 is 14.9 Å². The van der Waals surface area contributed by atoms with Gasteiger partial charge >= 0.3 is 0 Å². The number of aliphatic hydroxyl groups excluding tert-OH is 7. The van der Waals surface area contributed by atoms with Crippen LogP contribution in [0.2, 0.25) is 0 Å². The van der Waals surface area contributed by atoms with Crippen LogP contribution in [0.4, 0.5) is 0 Å². The highest BCUT2D eigenvalue weighted by atomic mass is 16.8. The smallest absolute Gasteiger partial charge is 0.229 e. The minimum Gasteiger partial charge on any atom is -0.507 e.